The lowest BCUT2D eigenvalue weighted by Gasteiger charge is -2.15. The average molecular weight is 303 g/mol. The molecule has 6 nitrogen and oxygen atoms in total. The minimum Gasteiger partial charge on any atom is -0.316 e. The van der Waals surface area contributed by atoms with Crippen molar-refractivity contribution in [1.29, 1.82) is 0 Å². The van der Waals surface area contributed by atoms with Crippen LogP contribution >= 0.6 is 11.3 Å². The number of thiophene rings is 1. The fourth-order valence-corrected chi connectivity index (χ4v) is 3.38. The molecule has 0 aliphatic carbocycles. The fourth-order valence-electron chi connectivity index (χ4n) is 2.44. The van der Waals surface area contributed by atoms with Crippen LogP contribution in [0.15, 0.2) is 22.8 Å². The summed E-state index contributed by atoms with van der Waals surface area (Å²) in [5.41, 5.74) is 1.82. The van der Waals surface area contributed by atoms with Gasteiger partial charge in [-0.15, -0.1) is 21.5 Å². The van der Waals surface area contributed by atoms with Gasteiger partial charge in [0, 0.05) is 6.54 Å². The Kier molecular flexibility index (Phi) is 3.59. The van der Waals surface area contributed by atoms with Gasteiger partial charge in [0.05, 0.1) is 17.9 Å². The molecule has 3 aromatic heterocycles. The molecule has 110 valence electrons. The second kappa shape index (κ2) is 5.40. The van der Waals surface area contributed by atoms with Gasteiger partial charge in [0.1, 0.15) is 11.0 Å². The number of fused-ring (bicyclic) bond motifs is 1. The van der Waals surface area contributed by atoms with Crippen LogP contribution in [0.1, 0.15) is 37.7 Å². The lowest BCUT2D eigenvalue weighted by Crippen LogP contribution is -2.25. The Morgan fingerprint density at radius 2 is 2.19 bits per heavy atom. The molecule has 1 atom stereocenters. The van der Waals surface area contributed by atoms with Gasteiger partial charge in [-0.3, -0.25) is 9.36 Å². The molecule has 0 aliphatic rings. The Balaban J connectivity index is 2.09. The van der Waals surface area contributed by atoms with Crippen LogP contribution in [0.3, 0.4) is 0 Å². The van der Waals surface area contributed by atoms with E-state index in [0.717, 1.165) is 29.9 Å². The highest BCUT2D eigenvalue weighted by atomic mass is 32.1. The van der Waals surface area contributed by atoms with E-state index in [9.17, 15) is 4.79 Å². The van der Waals surface area contributed by atoms with E-state index in [1.807, 2.05) is 23.8 Å². The third kappa shape index (κ3) is 2.27. The zero-order valence-electron chi connectivity index (χ0n) is 12.3. The first-order valence-electron chi connectivity index (χ1n) is 6.96. The molecule has 0 bridgehead atoms. The Labute approximate surface area is 126 Å². The van der Waals surface area contributed by atoms with Gasteiger partial charge in [-0.1, -0.05) is 6.92 Å². The lowest BCUT2D eigenvalue weighted by molar-refractivity contribution is 0.525. The minimum absolute atomic E-state index is 0.0170. The predicted octanol–water partition coefficient (Wildman–Crippen LogP) is 2.38. The van der Waals surface area contributed by atoms with Crippen molar-refractivity contribution in [2.24, 2.45) is 0 Å². The van der Waals surface area contributed by atoms with Gasteiger partial charge in [-0.25, -0.2) is 4.98 Å². The van der Waals surface area contributed by atoms with E-state index in [0.29, 0.717) is 4.70 Å². The molecule has 3 heterocycles. The molecule has 21 heavy (non-hydrogen) atoms. The zero-order chi connectivity index (χ0) is 15.0. The molecule has 0 unspecified atom stereocenters. The first-order chi connectivity index (χ1) is 10.1. The Bertz CT molecular complexity index is 831. The number of rotatable bonds is 4. The first-order valence-corrected chi connectivity index (χ1v) is 7.84. The Morgan fingerprint density at radius 1 is 1.38 bits per heavy atom. The Hall–Kier alpha value is -2.02. The monoisotopic (exact) mass is 303 g/mol. The third-order valence-electron chi connectivity index (χ3n) is 3.58. The van der Waals surface area contributed by atoms with Crippen LogP contribution in [0.5, 0.6) is 0 Å². The van der Waals surface area contributed by atoms with Crippen LogP contribution in [0.25, 0.3) is 10.2 Å². The maximum atomic E-state index is 12.6. The van der Waals surface area contributed by atoms with Crippen molar-refractivity contribution in [1.82, 2.24) is 24.3 Å². The van der Waals surface area contributed by atoms with Crippen molar-refractivity contribution in [2.45, 2.75) is 39.8 Å². The molecule has 0 saturated heterocycles. The predicted molar refractivity (Wildman–Crippen MR) is 82.7 cm³/mol. The molecule has 0 spiro atoms. The van der Waals surface area contributed by atoms with E-state index in [-0.39, 0.29) is 11.6 Å². The van der Waals surface area contributed by atoms with E-state index < -0.39 is 0 Å². The van der Waals surface area contributed by atoms with Crippen molar-refractivity contribution in [3.63, 3.8) is 0 Å². The van der Waals surface area contributed by atoms with Crippen LogP contribution in [0.2, 0.25) is 0 Å². The van der Waals surface area contributed by atoms with Crippen LogP contribution in [-0.4, -0.2) is 24.3 Å². The third-order valence-corrected chi connectivity index (χ3v) is 4.66. The summed E-state index contributed by atoms with van der Waals surface area (Å²) in [4.78, 5) is 17.0. The van der Waals surface area contributed by atoms with Gasteiger partial charge in [0.25, 0.3) is 5.56 Å². The molecule has 0 aliphatic heterocycles. The maximum Gasteiger partial charge on any atom is 0.271 e. The molecule has 0 radical (unpaired) electrons. The fraction of sp³-hybridized carbons (Fsp3) is 0.429. The lowest BCUT2D eigenvalue weighted by atomic mass is 10.3. The van der Waals surface area contributed by atoms with Crippen molar-refractivity contribution in [2.75, 3.05) is 0 Å². The van der Waals surface area contributed by atoms with Crippen LogP contribution in [-0.2, 0) is 6.54 Å². The number of nitrogens with zero attached hydrogens (tertiary/aromatic N) is 5. The molecule has 0 amide bonds. The molecule has 0 N–H and O–H groups in total. The Morgan fingerprint density at radius 3 is 2.95 bits per heavy atom. The SMILES string of the molecule is CCCn1cnnc1[C@@H](C)n1cnc2c(C)csc2c1=O. The highest BCUT2D eigenvalue weighted by Crippen LogP contribution is 2.21. The first kappa shape index (κ1) is 13.9. The molecule has 0 fully saturated rings. The van der Waals surface area contributed by atoms with Crippen LogP contribution in [0.4, 0.5) is 0 Å². The summed E-state index contributed by atoms with van der Waals surface area (Å²) in [5.74, 6) is 0.786. The van der Waals surface area contributed by atoms with Crippen molar-refractivity contribution in [3.8, 4) is 0 Å². The highest BCUT2D eigenvalue weighted by Gasteiger charge is 2.18. The number of hydrogen-bond acceptors (Lipinski definition) is 5. The van der Waals surface area contributed by atoms with Gasteiger partial charge in [0.15, 0.2) is 5.82 Å². The summed E-state index contributed by atoms with van der Waals surface area (Å²) in [6, 6.07) is -0.189. The summed E-state index contributed by atoms with van der Waals surface area (Å²) in [5, 5.41) is 10.1. The zero-order valence-corrected chi connectivity index (χ0v) is 13.1. The summed E-state index contributed by atoms with van der Waals surface area (Å²) in [6.07, 6.45) is 4.32. The highest BCUT2D eigenvalue weighted by molar-refractivity contribution is 7.17. The van der Waals surface area contributed by atoms with E-state index in [1.54, 1.807) is 17.2 Å². The van der Waals surface area contributed by atoms with Crippen molar-refractivity contribution >= 4 is 21.6 Å². The van der Waals surface area contributed by atoms with Gasteiger partial charge in [0.2, 0.25) is 0 Å². The topological polar surface area (TPSA) is 65.6 Å². The van der Waals surface area contributed by atoms with Crippen LogP contribution in [0, 0.1) is 6.92 Å². The van der Waals surface area contributed by atoms with E-state index >= 15 is 0 Å². The summed E-state index contributed by atoms with van der Waals surface area (Å²) in [6.45, 7) is 6.86. The van der Waals surface area contributed by atoms with Crippen molar-refractivity contribution in [3.05, 3.63) is 39.8 Å². The summed E-state index contributed by atoms with van der Waals surface area (Å²) in [7, 11) is 0. The quantitative estimate of drug-likeness (QED) is 0.742. The van der Waals surface area contributed by atoms with Gasteiger partial charge in [-0.05, 0) is 31.2 Å². The molecule has 3 aromatic rings. The molecule has 7 heteroatoms. The molecule has 0 aromatic carbocycles. The largest absolute Gasteiger partial charge is 0.316 e. The number of hydrogen-bond donors (Lipinski definition) is 0. The molecular weight excluding hydrogens is 286 g/mol. The van der Waals surface area contributed by atoms with E-state index in [4.69, 9.17) is 0 Å². The van der Waals surface area contributed by atoms with Gasteiger partial charge in [-0.2, -0.15) is 0 Å². The minimum atomic E-state index is -0.189. The summed E-state index contributed by atoms with van der Waals surface area (Å²) >= 11 is 1.45. The van der Waals surface area contributed by atoms with Gasteiger partial charge >= 0.3 is 0 Å². The second-order valence-electron chi connectivity index (χ2n) is 5.11. The van der Waals surface area contributed by atoms with E-state index in [2.05, 4.69) is 22.1 Å². The van der Waals surface area contributed by atoms with Crippen molar-refractivity contribution < 1.29 is 0 Å². The number of aryl methyl sites for hydroxylation is 2. The van der Waals surface area contributed by atoms with Crippen LogP contribution < -0.4 is 5.56 Å². The number of aromatic nitrogens is 5. The second-order valence-corrected chi connectivity index (χ2v) is 5.99. The maximum absolute atomic E-state index is 12.6. The summed E-state index contributed by atoms with van der Waals surface area (Å²) < 4.78 is 4.32. The average Bonchev–Trinajstić information content (AvgIpc) is 3.07. The normalized spacial score (nSPS) is 12.9. The molecule has 0 saturated carbocycles. The van der Waals surface area contributed by atoms with E-state index in [1.165, 1.54) is 11.3 Å². The molecule has 3 rings (SSSR count). The standard InChI is InChI=1S/C14H17N5OS/c1-4-5-18-8-16-17-13(18)10(3)19-7-15-11-9(2)6-21-12(11)14(19)20/h6-8,10H,4-5H2,1-3H3/t10-/m1/s1. The van der Waals surface area contributed by atoms with Gasteiger partial charge < -0.3 is 4.57 Å². The smallest absolute Gasteiger partial charge is 0.271 e. The molecular formula is C14H17N5OS.